The number of alkyl halides is 3. The molecule has 37 heavy (non-hydrogen) atoms. The average Bonchev–Trinajstić information content (AvgIpc) is 3.52. The van der Waals surface area contributed by atoms with Crippen LogP contribution in [0.1, 0.15) is 40.5 Å². The summed E-state index contributed by atoms with van der Waals surface area (Å²) in [5.74, 6) is -0.636. The molecule has 0 aliphatic carbocycles. The predicted molar refractivity (Wildman–Crippen MR) is 131 cm³/mol. The second kappa shape index (κ2) is 9.53. The zero-order chi connectivity index (χ0) is 26.2. The molecule has 0 unspecified atom stereocenters. The highest BCUT2D eigenvalue weighted by atomic mass is 19.4. The van der Waals surface area contributed by atoms with Crippen molar-refractivity contribution in [3.8, 4) is 22.5 Å². The van der Waals surface area contributed by atoms with E-state index in [4.69, 9.17) is 4.98 Å². The van der Waals surface area contributed by atoms with Crippen LogP contribution in [0.4, 0.5) is 18.9 Å². The number of hydrogen-bond acceptors (Lipinski definition) is 4. The molecule has 1 aliphatic heterocycles. The van der Waals surface area contributed by atoms with Gasteiger partial charge in [-0.25, -0.2) is 4.98 Å². The molecular formula is C27H22F3N5O2. The zero-order valence-electron chi connectivity index (χ0n) is 19.7. The minimum absolute atomic E-state index is 0.0415. The first-order valence-electron chi connectivity index (χ1n) is 11.6. The van der Waals surface area contributed by atoms with E-state index in [1.165, 1.54) is 23.0 Å². The Balaban J connectivity index is 1.51. The Bertz CT molecular complexity index is 1480. The molecule has 0 spiro atoms. The van der Waals surface area contributed by atoms with Crippen LogP contribution in [-0.4, -0.2) is 26.6 Å². The summed E-state index contributed by atoms with van der Waals surface area (Å²) >= 11 is 0. The molecular weight excluding hydrogens is 483 g/mol. The van der Waals surface area contributed by atoms with E-state index in [-0.39, 0.29) is 28.8 Å². The highest BCUT2D eigenvalue weighted by molar-refractivity contribution is 6.06. The van der Waals surface area contributed by atoms with Crippen molar-refractivity contribution < 1.29 is 22.8 Å². The first-order chi connectivity index (χ1) is 17.7. The molecule has 1 saturated heterocycles. The van der Waals surface area contributed by atoms with Crippen LogP contribution >= 0.6 is 0 Å². The van der Waals surface area contributed by atoms with E-state index >= 15 is 0 Å². The van der Waals surface area contributed by atoms with Gasteiger partial charge in [0.05, 0.1) is 34.4 Å². The Morgan fingerprint density at radius 3 is 2.51 bits per heavy atom. The number of hydrogen-bond donors (Lipinski definition) is 2. The number of anilines is 1. The van der Waals surface area contributed by atoms with Gasteiger partial charge in [0.1, 0.15) is 0 Å². The Labute approximate surface area is 210 Å². The van der Waals surface area contributed by atoms with Crippen LogP contribution in [0.25, 0.3) is 22.5 Å². The van der Waals surface area contributed by atoms with E-state index in [0.29, 0.717) is 29.9 Å². The summed E-state index contributed by atoms with van der Waals surface area (Å²) in [6.07, 6.45) is -2.04. The van der Waals surface area contributed by atoms with Crippen LogP contribution in [0.15, 0.2) is 72.9 Å². The molecule has 5 rings (SSSR count). The fourth-order valence-corrected chi connectivity index (χ4v) is 4.32. The van der Waals surface area contributed by atoms with Gasteiger partial charge in [0.25, 0.3) is 5.91 Å². The summed E-state index contributed by atoms with van der Waals surface area (Å²) in [7, 11) is 1.60. The normalized spacial score (nSPS) is 15.5. The van der Waals surface area contributed by atoms with Crippen LogP contribution in [0, 0.1) is 0 Å². The number of carbonyl (C=O) groups is 2. The topological polar surface area (TPSA) is 88.9 Å². The maximum atomic E-state index is 13.7. The van der Waals surface area contributed by atoms with Crippen LogP contribution in [-0.2, 0) is 18.0 Å². The number of nitrogens with one attached hydrogen (secondary N) is 2. The number of aromatic nitrogens is 3. The predicted octanol–water partition coefficient (Wildman–Crippen LogP) is 5.37. The minimum Gasteiger partial charge on any atom is -0.348 e. The van der Waals surface area contributed by atoms with E-state index < -0.39 is 17.6 Å². The van der Waals surface area contributed by atoms with Crippen molar-refractivity contribution in [2.24, 2.45) is 7.05 Å². The number of aryl methyl sites for hydroxylation is 1. The lowest BCUT2D eigenvalue weighted by atomic mass is 10.00. The van der Waals surface area contributed by atoms with E-state index in [0.717, 1.165) is 17.7 Å². The molecule has 2 aromatic carbocycles. The van der Waals surface area contributed by atoms with Crippen LogP contribution in [0.5, 0.6) is 0 Å². The van der Waals surface area contributed by atoms with Crippen LogP contribution in [0.2, 0.25) is 0 Å². The third kappa shape index (κ3) is 5.09. The highest BCUT2D eigenvalue weighted by Crippen LogP contribution is 2.37. The van der Waals surface area contributed by atoms with E-state index in [1.54, 1.807) is 19.2 Å². The van der Waals surface area contributed by atoms with Crippen molar-refractivity contribution in [1.82, 2.24) is 20.1 Å². The van der Waals surface area contributed by atoms with Gasteiger partial charge in [-0.05, 0) is 42.8 Å². The summed E-state index contributed by atoms with van der Waals surface area (Å²) in [5.41, 5.74) is 1.37. The molecule has 0 radical (unpaired) electrons. The number of halogens is 3. The zero-order valence-corrected chi connectivity index (χ0v) is 19.7. The van der Waals surface area contributed by atoms with E-state index in [9.17, 15) is 22.8 Å². The Kier molecular flexibility index (Phi) is 6.24. The Morgan fingerprint density at radius 2 is 1.86 bits per heavy atom. The van der Waals surface area contributed by atoms with Crippen molar-refractivity contribution in [3.63, 3.8) is 0 Å². The smallest absolute Gasteiger partial charge is 0.348 e. The van der Waals surface area contributed by atoms with Crippen molar-refractivity contribution in [1.29, 1.82) is 0 Å². The molecule has 4 aromatic rings. The van der Waals surface area contributed by atoms with Gasteiger partial charge in [0, 0.05) is 36.4 Å². The monoisotopic (exact) mass is 505 g/mol. The van der Waals surface area contributed by atoms with Crippen LogP contribution in [0.3, 0.4) is 0 Å². The molecule has 188 valence electrons. The lowest BCUT2D eigenvalue weighted by Crippen LogP contribution is -2.20. The third-order valence-electron chi connectivity index (χ3n) is 6.14. The van der Waals surface area contributed by atoms with Gasteiger partial charge in [-0.2, -0.15) is 18.3 Å². The van der Waals surface area contributed by atoms with Gasteiger partial charge >= 0.3 is 6.18 Å². The molecule has 2 N–H and O–H groups in total. The first kappa shape index (κ1) is 24.2. The summed E-state index contributed by atoms with van der Waals surface area (Å²) in [4.78, 5) is 29.7. The average molecular weight is 506 g/mol. The molecule has 1 atom stereocenters. The van der Waals surface area contributed by atoms with Crippen molar-refractivity contribution in [2.45, 2.75) is 25.1 Å². The standard InChI is InChI=1S/C27H22F3N5O2/c1-35-14-13-20(34-35)18-15-17(7-8-19(18)27(28,29)30)26(37)33-23-10-9-22(21-11-12-24(36)31-21)32-25(23)16-5-3-2-4-6-16/h2-10,13-15,21H,11-12H2,1H3,(H,31,36)(H,33,37)/t21-/m0/s1. The number of benzene rings is 2. The number of rotatable bonds is 5. The summed E-state index contributed by atoms with van der Waals surface area (Å²) in [5, 5.41) is 9.78. The van der Waals surface area contributed by atoms with Gasteiger partial charge in [-0.1, -0.05) is 30.3 Å². The number of nitrogens with zero attached hydrogens (tertiary/aromatic N) is 3. The Morgan fingerprint density at radius 1 is 1.08 bits per heavy atom. The number of amides is 2. The largest absolute Gasteiger partial charge is 0.417 e. The molecule has 1 aliphatic rings. The van der Waals surface area contributed by atoms with Crippen molar-refractivity contribution >= 4 is 17.5 Å². The first-order valence-corrected chi connectivity index (χ1v) is 11.6. The summed E-state index contributed by atoms with van der Waals surface area (Å²) in [6.45, 7) is 0. The maximum absolute atomic E-state index is 13.7. The molecule has 0 bridgehead atoms. The van der Waals surface area contributed by atoms with Gasteiger partial charge in [0.15, 0.2) is 0 Å². The second-order valence-electron chi connectivity index (χ2n) is 8.74. The lowest BCUT2D eigenvalue weighted by Gasteiger charge is -2.16. The van der Waals surface area contributed by atoms with E-state index in [2.05, 4.69) is 15.7 Å². The van der Waals surface area contributed by atoms with Crippen LogP contribution < -0.4 is 10.6 Å². The van der Waals surface area contributed by atoms with Gasteiger partial charge in [0.2, 0.25) is 5.91 Å². The van der Waals surface area contributed by atoms with Crippen molar-refractivity contribution in [3.05, 3.63) is 89.7 Å². The summed E-state index contributed by atoms with van der Waals surface area (Å²) in [6, 6.07) is 17.1. The van der Waals surface area contributed by atoms with Gasteiger partial charge in [-0.3, -0.25) is 14.3 Å². The number of pyridine rings is 1. The highest BCUT2D eigenvalue weighted by Gasteiger charge is 2.34. The van der Waals surface area contributed by atoms with Gasteiger partial charge < -0.3 is 10.6 Å². The lowest BCUT2D eigenvalue weighted by molar-refractivity contribution is -0.137. The minimum atomic E-state index is -4.61. The number of carbonyl (C=O) groups excluding carboxylic acids is 2. The van der Waals surface area contributed by atoms with Gasteiger partial charge in [-0.15, -0.1) is 0 Å². The molecule has 10 heteroatoms. The van der Waals surface area contributed by atoms with E-state index in [1.807, 2.05) is 30.3 Å². The second-order valence-corrected chi connectivity index (χ2v) is 8.74. The molecule has 2 amide bonds. The molecule has 3 heterocycles. The molecule has 1 fully saturated rings. The fraction of sp³-hybridized carbons (Fsp3) is 0.185. The van der Waals surface area contributed by atoms with Crippen molar-refractivity contribution in [2.75, 3.05) is 5.32 Å². The molecule has 7 nitrogen and oxygen atoms in total. The maximum Gasteiger partial charge on any atom is 0.417 e. The third-order valence-corrected chi connectivity index (χ3v) is 6.14. The summed E-state index contributed by atoms with van der Waals surface area (Å²) < 4.78 is 42.4. The Hall–Kier alpha value is -4.47. The SMILES string of the molecule is Cn1ccc(-c2cc(C(=O)Nc3ccc([C@@H]4CCC(=O)N4)nc3-c3ccccc3)ccc2C(F)(F)F)n1. The quantitative estimate of drug-likeness (QED) is 0.382. The molecule has 2 aromatic heterocycles. The fourth-order valence-electron chi connectivity index (χ4n) is 4.32. The molecule has 0 saturated carbocycles.